The molecular weight excluding hydrogens is 518 g/mol. The zero-order valence-corrected chi connectivity index (χ0v) is 23.4. The van der Waals surface area contributed by atoms with E-state index in [0.717, 1.165) is 49.9 Å². The number of carbonyl (C=O) groups excluding carboxylic acids is 3. The molecule has 1 unspecified atom stereocenters. The fraction of sp³-hybridized carbons (Fsp3) is 0.364. The summed E-state index contributed by atoms with van der Waals surface area (Å²) in [7, 11) is 1.53. The summed E-state index contributed by atoms with van der Waals surface area (Å²) in [6.45, 7) is 3.58. The van der Waals surface area contributed by atoms with Crippen molar-refractivity contribution in [1.82, 2.24) is 15.1 Å². The van der Waals surface area contributed by atoms with Crippen molar-refractivity contribution < 1.29 is 24.2 Å². The quantitative estimate of drug-likeness (QED) is 0.341. The molecule has 0 spiro atoms. The lowest BCUT2D eigenvalue weighted by atomic mass is 9.89. The molecule has 3 aromatic carbocycles. The molecule has 2 aliphatic heterocycles. The largest absolute Gasteiger partial charge is 0.508 e. The van der Waals surface area contributed by atoms with Gasteiger partial charge in [-0.2, -0.15) is 0 Å². The van der Waals surface area contributed by atoms with Crippen molar-refractivity contribution in [1.29, 1.82) is 0 Å². The standard InChI is InChI=1S/C33H37N3O5/c1-34-32(39)30(8-4-18-37)36-21-29-28(33(36)40)7-3-9-31(29)41-22-24-12-10-23(11-13-24)20-35-16-14-25(15-17-35)26-5-2-6-27(38)19-26/h2-3,5-7,9-13,18-19,25,30,38H,4,8,14-17,20-22H2,1H3,(H,34,39). The maximum Gasteiger partial charge on any atom is 0.255 e. The van der Waals surface area contributed by atoms with E-state index in [9.17, 15) is 19.5 Å². The minimum absolute atomic E-state index is 0.203. The molecule has 0 saturated carbocycles. The van der Waals surface area contributed by atoms with Crippen LogP contribution in [0.2, 0.25) is 0 Å². The molecule has 41 heavy (non-hydrogen) atoms. The fourth-order valence-corrected chi connectivity index (χ4v) is 5.90. The highest BCUT2D eigenvalue weighted by molar-refractivity contribution is 6.01. The molecule has 5 rings (SSSR count). The minimum Gasteiger partial charge on any atom is -0.508 e. The first-order chi connectivity index (χ1) is 20.0. The predicted molar refractivity (Wildman–Crippen MR) is 156 cm³/mol. The highest BCUT2D eigenvalue weighted by atomic mass is 16.5. The number of piperidine rings is 1. The van der Waals surface area contributed by atoms with Crippen LogP contribution in [0, 0.1) is 0 Å². The number of hydrogen-bond acceptors (Lipinski definition) is 6. The molecule has 8 nitrogen and oxygen atoms in total. The Balaban J connectivity index is 1.16. The van der Waals surface area contributed by atoms with Crippen molar-refractivity contribution in [3.05, 3.63) is 94.5 Å². The van der Waals surface area contributed by atoms with Crippen LogP contribution in [0.1, 0.15) is 64.2 Å². The minimum atomic E-state index is -0.706. The number of benzene rings is 3. The molecule has 0 radical (unpaired) electrons. The number of ether oxygens (including phenoxy) is 1. The zero-order valence-electron chi connectivity index (χ0n) is 23.4. The van der Waals surface area contributed by atoms with Gasteiger partial charge in [0, 0.05) is 31.1 Å². The topological polar surface area (TPSA) is 99.2 Å². The van der Waals surface area contributed by atoms with E-state index in [1.807, 2.05) is 18.2 Å². The van der Waals surface area contributed by atoms with Crippen LogP contribution < -0.4 is 10.1 Å². The molecule has 3 aromatic rings. The zero-order chi connectivity index (χ0) is 28.8. The molecule has 2 aliphatic rings. The van der Waals surface area contributed by atoms with Gasteiger partial charge in [-0.15, -0.1) is 0 Å². The number of amides is 2. The highest BCUT2D eigenvalue weighted by Crippen LogP contribution is 2.34. The Morgan fingerprint density at radius 3 is 2.51 bits per heavy atom. The molecule has 1 fully saturated rings. The lowest BCUT2D eigenvalue weighted by Crippen LogP contribution is -2.46. The second-order valence-electron chi connectivity index (χ2n) is 10.8. The lowest BCUT2D eigenvalue weighted by Gasteiger charge is -2.32. The Morgan fingerprint density at radius 2 is 1.80 bits per heavy atom. The summed E-state index contributed by atoms with van der Waals surface area (Å²) in [4.78, 5) is 40.6. The number of aromatic hydroxyl groups is 1. The van der Waals surface area contributed by atoms with Gasteiger partial charge in [-0.05, 0) is 79.2 Å². The summed E-state index contributed by atoms with van der Waals surface area (Å²) in [5, 5.41) is 12.4. The van der Waals surface area contributed by atoms with Gasteiger partial charge in [-0.3, -0.25) is 14.5 Å². The van der Waals surface area contributed by atoms with Gasteiger partial charge in [0.05, 0.1) is 6.54 Å². The van der Waals surface area contributed by atoms with Crippen LogP contribution in [0.3, 0.4) is 0 Å². The first-order valence-electron chi connectivity index (χ1n) is 14.3. The monoisotopic (exact) mass is 555 g/mol. The third kappa shape index (κ3) is 6.60. The van der Waals surface area contributed by atoms with Crippen molar-refractivity contribution >= 4 is 18.1 Å². The molecular formula is C33H37N3O5. The Labute approximate surface area is 240 Å². The molecule has 0 aliphatic carbocycles. The van der Waals surface area contributed by atoms with Crippen molar-refractivity contribution in [2.24, 2.45) is 0 Å². The van der Waals surface area contributed by atoms with Crippen LogP contribution in [0.4, 0.5) is 0 Å². The number of nitrogens with zero attached hydrogens (tertiary/aromatic N) is 2. The van der Waals surface area contributed by atoms with E-state index in [0.29, 0.717) is 29.6 Å². The third-order valence-electron chi connectivity index (χ3n) is 8.19. The molecule has 1 saturated heterocycles. The number of phenols is 1. The van der Waals surface area contributed by atoms with Gasteiger partial charge in [0.15, 0.2) is 0 Å². The molecule has 2 N–H and O–H groups in total. The number of hydrogen-bond donors (Lipinski definition) is 2. The number of nitrogens with one attached hydrogen (secondary N) is 1. The summed E-state index contributed by atoms with van der Waals surface area (Å²) >= 11 is 0. The number of carbonyl (C=O) groups is 3. The maximum absolute atomic E-state index is 13.1. The van der Waals surface area contributed by atoms with Gasteiger partial charge in [0.2, 0.25) is 5.91 Å². The number of phenolic OH excluding ortho intramolecular Hbond substituents is 1. The fourth-order valence-electron chi connectivity index (χ4n) is 5.90. The van der Waals surface area contributed by atoms with Crippen molar-refractivity contribution in [2.45, 2.75) is 57.3 Å². The van der Waals surface area contributed by atoms with Crippen molar-refractivity contribution in [3.63, 3.8) is 0 Å². The molecule has 1 atom stereocenters. The predicted octanol–water partition coefficient (Wildman–Crippen LogP) is 4.40. The average Bonchev–Trinajstić information content (AvgIpc) is 3.33. The van der Waals surface area contributed by atoms with E-state index in [4.69, 9.17) is 4.74 Å². The van der Waals surface area contributed by atoms with E-state index in [-0.39, 0.29) is 31.2 Å². The van der Waals surface area contributed by atoms with Crippen LogP contribution in [-0.4, -0.2) is 59.2 Å². The second kappa shape index (κ2) is 13.0. The Bertz CT molecular complexity index is 1380. The van der Waals surface area contributed by atoms with Crippen molar-refractivity contribution in [3.8, 4) is 11.5 Å². The SMILES string of the molecule is CNC(=O)C(CCC=O)N1Cc2c(OCc3ccc(CN4CCC(c5cccc(O)c5)CC4)cc3)cccc2C1=O. The van der Waals surface area contributed by atoms with Gasteiger partial charge >= 0.3 is 0 Å². The number of fused-ring (bicyclic) bond motifs is 1. The van der Waals surface area contributed by atoms with Crippen LogP contribution in [0.15, 0.2) is 66.7 Å². The number of rotatable bonds is 11. The first-order valence-corrected chi connectivity index (χ1v) is 14.3. The van der Waals surface area contributed by atoms with Crippen LogP contribution in [0.5, 0.6) is 11.5 Å². The Morgan fingerprint density at radius 1 is 1.07 bits per heavy atom. The van der Waals surface area contributed by atoms with E-state index >= 15 is 0 Å². The van der Waals surface area contributed by atoms with Gasteiger partial charge < -0.3 is 24.9 Å². The summed E-state index contributed by atoms with van der Waals surface area (Å²) in [6, 6.07) is 20.8. The van der Waals surface area contributed by atoms with E-state index in [1.54, 1.807) is 18.2 Å². The summed E-state index contributed by atoms with van der Waals surface area (Å²) < 4.78 is 6.17. The average molecular weight is 556 g/mol. The first kappa shape index (κ1) is 28.4. The highest BCUT2D eigenvalue weighted by Gasteiger charge is 2.37. The summed E-state index contributed by atoms with van der Waals surface area (Å²) in [5.74, 6) is 0.951. The molecule has 2 heterocycles. The number of aldehydes is 1. The smallest absolute Gasteiger partial charge is 0.255 e. The van der Waals surface area contributed by atoms with E-state index in [2.05, 4.69) is 40.5 Å². The van der Waals surface area contributed by atoms with Crippen molar-refractivity contribution in [2.75, 3.05) is 20.1 Å². The Kier molecular flexibility index (Phi) is 8.99. The molecule has 0 aromatic heterocycles. The summed E-state index contributed by atoms with van der Waals surface area (Å²) in [5.41, 5.74) is 4.81. The van der Waals surface area contributed by atoms with Gasteiger partial charge in [0.1, 0.15) is 30.4 Å². The van der Waals surface area contributed by atoms with Crippen LogP contribution in [-0.2, 0) is 29.3 Å². The van der Waals surface area contributed by atoms with Gasteiger partial charge in [0.25, 0.3) is 5.91 Å². The number of likely N-dealkylation sites (N-methyl/N-ethyl adjacent to an activating group) is 1. The molecule has 8 heteroatoms. The normalized spacial score (nSPS) is 16.3. The van der Waals surface area contributed by atoms with E-state index in [1.165, 1.54) is 23.1 Å². The molecule has 0 bridgehead atoms. The van der Waals surface area contributed by atoms with Crippen LogP contribution >= 0.6 is 0 Å². The van der Waals surface area contributed by atoms with Gasteiger partial charge in [-0.25, -0.2) is 0 Å². The second-order valence-corrected chi connectivity index (χ2v) is 10.8. The summed E-state index contributed by atoms with van der Waals surface area (Å²) in [6.07, 6.45) is 3.41. The molecule has 214 valence electrons. The maximum atomic E-state index is 13.1. The van der Waals surface area contributed by atoms with Gasteiger partial charge in [-0.1, -0.05) is 42.5 Å². The molecule has 2 amide bonds. The van der Waals surface area contributed by atoms with E-state index < -0.39 is 6.04 Å². The lowest BCUT2D eigenvalue weighted by molar-refractivity contribution is -0.125. The Hall–Kier alpha value is -4.17. The number of likely N-dealkylation sites (tertiary alicyclic amines) is 1. The van der Waals surface area contributed by atoms with Crippen LogP contribution in [0.25, 0.3) is 0 Å². The third-order valence-corrected chi connectivity index (χ3v) is 8.19.